The highest BCUT2D eigenvalue weighted by atomic mass is 16.3. The Balaban J connectivity index is 1.43. The van der Waals surface area contributed by atoms with Gasteiger partial charge in [-0.25, -0.2) is 9.97 Å². The molecule has 1 N–H and O–H groups in total. The summed E-state index contributed by atoms with van der Waals surface area (Å²) in [6.45, 7) is 4.23. The van der Waals surface area contributed by atoms with Crippen LogP contribution in [0.2, 0.25) is 0 Å². The van der Waals surface area contributed by atoms with Crippen LogP contribution in [0.5, 0.6) is 0 Å². The van der Waals surface area contributed by atoms with E-state index in [2.05, 4.69) is 20.2 Å². The van der Waals surface area contributed by atoms with Crippen molar-refractivity contribution in [1.82, 2.24) is 20.2 Å². The maximum atomic E-state index is 12.3. The van der Waals surface area contributed by atoms with Crippen LogP contribution in [0, 0.1) is 6.92 Å². The number of hydrogen-bond donors (Lipinski definition) is 1. The molecule has 0 atom stereocenters. The van der Waals surface area contributed by atoms with Gasteiger partial charge in [0.05, 0.1) is 6.26 Å². The van der Waals surface area contributed by atoms with Gasteiger partial charge in [-0.2, -0.15) is 0 Å². The molecule has 8 heteroatoms. The zero-order valence-corrected chi connectivity index (χ0v) is 14.6. The number of nitrogens with one attached hydrogen (secondary N) is 1. The molecule has 0 unspecified atom stereocenters. The zero-order valence-electron chi connectivity index (χ0n) is 14.6. The molecule has 26 heavy (non-hydrogen) atoms. The Morgan fingerprint density at radius 2 is 1.96 bits per heavy atom. The Morgan fingerprint density at radius 3 is 2.62 bits per heavy atom. The fraction of sp³-hybridized carbons (Fsp3) is 0.444. The lowest BCUT2D eigenvalue weighted by Gasteiger charge is -2.35. The number of aromatic nitrogens is 2. The highest BCUT2D eigenvalue weighted by Gasteiger charge is 2.27. The van der Waals surface area contributed by atoms with Crippen LogP contribution in [0.15, 0.2) is 28.9 Å². The lowest BCUT2D eigenvalue weighted by atomic mass is 10.2. The fourth-order valence-electron chi connectivity index (χ4n) is 3.01. The third-order valence-corrected chi connectivity index (χ3v) is 4.59. The van der Waals surface area contributed by atoms with Crippen molar-refractivity contribution in [2.75, 3.05) is 31.1 Å². The number of aryl methyl sites for hydroxylation is 1. The first kappa shape index (κ1) is 16.6. The van der Waals surface area contributed by atoms with Crippen LogP contribution in [-0.4, -0.2) is 58.9 Å². The second-order valence-electron chi connectivity index (χ2n) is 6.66. The number of carbonyl (C=O) groups is 2. The predicted molar refractivity (Wildman–Crippen MR) is 94.1 cm³/mol. The van der Waals surface area contributed by atoms with Gasteiger partial charge >= 0.3 is 0 Å². The molecular formula is C18H21N5O3. The van der Waals surface area contributed by atoms with Gasteiger partial charge in [-0.3, -0.25) is 9.59 Å². The monoisotopic (exact) mass is 355 g/mol. The zero-order chi connectivity index (χ0) is 18.1. The number of furan rings is 1. The molecule has 2 fully saturated rings. The largest absolute Gasteiger partial charge is 0.459 e. The Labute approximate surface area is 151 Å². The molecule has 1 saturated carbocycles. The summed E-state index contributed by atoms with van der Waals surface area (Å²) in [6, 6.07) is 5.40. The van der Waals surface area contributed by atoms with E-state index in [0.29, 0.717) is 43.5 Å². The van der Waals surface area contributed by atoms with Crippen molar-refractivity contribution in [3.63, 3.8) is 0 Å². The number of nitrogens with zero attached hydrogens (tertiary/aromatic N) is 4. The van der Waals surface area contributed by atoms with E-state index in [-0.39, 0.29) is 17.9 Å². The van der Waals surface area contributed by atoms with E-state index in [1.165, 1.54) is 6.26 Å². The quantitative estimate of drug-likeness (QED) is 0.887. The molecule has 2 amide bonds. The van der Waals surface area contributed by atoms with Gasteiger partial charge in [-0.05, 0) is 31.9 Å². The summed E-state index contributed by atoms with van der Waals surface area (Å²) in [5, 5.41) is 2.95. The topological polar surface area (TPSA) is 91.6 Å². The second-order valence-corrected chi connectivity index (χ2v) is 6.66. The average Bonchev–Trinajstić information content (AvgIpc) is 3.29. The van der Waals surface area contributed by atoms with E-state index >= 15 is 0 Å². The first-order valence-corrected chi connectivity index (χ1v) is 8.84. The standard InChI is InChI=1S/C18H21N5O3/c1-12-19-14(17(24)21-13-4-5-13)11-16(20-12)22-6-8-23(9-7-22)18(25)15-3-2-10-26-15/h2-3,10-11,13H,4-9H2,1H3,(H,21,24). The molecular weight excluding hydrogens is 334 g/mol. The maximum Gasteiger partial charge on any atom is 0.289 e. The van der Waals surface area contributed by atoms with Gasteiger partial charge in [0.1, 0.15) is 17.3 Å². The van der Waals surface area contributed by atoms with Crippen LogP contribution < -0.4 is 10.2 Å². The SMILES string of the molecule is Cc1nc(C(=O)NC2CC2)cc(N2CCN(C(=O)c3ccco3)CC2)n1. The number of carbonyl (C=O) groups excluding carboxylic acids is 2. The van der Waals surface area contributed by atoms with Crippen LogP contribution in [0.1, 0.15) is 39.7 Å². The van der Waals surface area contributed by atoms with Gasteiger partial charge in [0.15, 0.2) is 5.76 Å². The molecule has 136 valence electrons. The van der Waals surface area contributed by atoms with E-state index in [0.717, 1.165) is 18.7 Å². The number of amides is 2. The molecule has 1 aliphatic carbocycles. The molecule has 0 aromatic carbocycles. The summed E-state index contributed by atoms with van der Waals surface area (Å²) in [5.41, 5.74) is 0.397. The summed E-state index contributed by atoms with van der Waals surface area (Å²) in [4.78, 5) is 37.2. The molecule has 2 aromatic rings. The predicted octanol–water partition coefficient (Wildman–Crippen LogP) is 1.23. The summed E-state index contributed by atoms with van der Waals surface area (Å²) >= 11 is 0. The molecule has 0 radical (unpaired) electrons. The smallest absolute Gasteiger partial charge is 0.289 e. The van der Waals surface area contributed by atoms with E-state index in [9.17, 15) is 9.59 Å². The molecule has 4 rings (SSSR count). The van der Waals surface area contributed by atoms with Crippen LogP contribution in [-0.2, 0) is 0 Å². The van der Waals surface area contributed by atoms with Crippen molar-refractivity contribution >= 4 is 17.6 Å². The van der Waals surface area contributed by atoms with Gasteiger partial charge in [0.2, 0.25) is 0 Å². The number of anilines is 1. The van der Waals surface area contributed by atoms with Crippen molar-refractivity contribution in [3.8, 4) is 0 Å². The summed E-state index contributed by atoms with van der Waals surface area (Å²) in [5.74, 6) is 1.40. The molecule has 1 aliphatic heterocycles. The normalized spacial score (nSPS) is 17.3. The minimum absolute atomic E-state index is 0.0991. The first-order valence-electron chi connectivity index (χ1n) is 8.84. The van der Waals surface area contributed by atoms with Gasteiger partial charge < -0.3 is 19.5 Å². The van der Waals surface area contributed by atoms with E-state index in [1.54, 1.807) is 30.0 Å². The minimum Gasteiger partial charge on any atom is -0.459 e. The first-order chi connectivity index (χ1) is 12.6. The molecule has 0 spiro atoms. The number of hydrogen-bond acceptors (Lipinski definition) is 6. The lowest BCUT2D eigenvalue weighted by Crippen LogP contribution is -2.49. The minimum atomic E-state index is -0.147. The Kier molecular flexibility index (Phi) is 4.32. The maximum absolute atomic E-state index is 12.3. The highest BCUT2D eigenvalue weighted by Crippen LogP contribution is 2.20. The summed E-state index contributed by atoms with van der Waals surface area (Å²) < 4.78 is 5.18. The third-order valence-electron chi connectivity index (χ3n) is 4.59. The van der Waals surface area contributed by atoms with E-state index in [4.69, 9.17) is 4.42 Å². The van der Waals surface area contributed by atoms with Crippen molar-refractivity contribution in [3.05, 3.63) is 41.7 Å². The molecule has 8 nitrogen and oxygen atoms in total. The van der Waals surface area contributed by atoms with Crippen molar-refractivity contribution in [2.45, 2.75) is 25.8 Å². The number of piperazine rings is 1. The van der Waals surface area contributed by atoms with Crippen LogP contribution >= 0.6 is 0 Å². The van der Waals surface area contributed by atoms with E-state index in [1.807, 2.05) is 0 Å². The fourth-order valence-corrected chi connectivity index (χ4v) is 3.01. The van der Waals surface area contributed by atoms with Gasteiger partial charge in [0.25, 0.3) is 11.8 Å². The summed E-state index contributed by atoms with van der Waals surface area (Å²) in [6.07, 6.45) is 3.57. The van der Waals surface area contributed by atoms with Crippen molar-refractivity contribution in [1.29, 1.82) is 0 Å². The average molecular weight is 355 g/mol. The van der Waals surface area contributed by atoms with Gasteiger partial charge in [0, 0.05) is 38.3 Å². The Morgan fingerprint density at radius 1 is 1.19 bits per heavy atom. The van der Waals surface area contributed by atoms with E-state index < -0.39 is 0 Å². The molecule has 2 aliphatic rings. The Hall–Kier alpha value is -2.90. The summed E-state index contributed by atoms with van der Waals surface area (Å²) in [7, 11) is 0. The lowest BCUT2D eigenvalue weighted by molar-refractivity contribution is 0.0714. The van der Waals surface area contributed by atoms with Gasteiger partial charge in [-0.1, -0.05) is 0 Å². The van der Waals surface area contributed by atoms with Gasteiger partial charge in [-0.15, -0.1) is 0 Å². The van der Waals surface area contributed by atoms with Crippen molar-refractivity contribution in [2.24, 2.45) is 0 Å². The molecule has 0 bridgehead atoms. The molecule has 1 saturated heterocycles. The van der Waals surface area contributed by atoms with Crippen LogP contribution in [0.4, 0.5) is 5.82 Å². The molecule has 2 aromatic heterocycles. The molecule has 3 heterocycles. The third kappa shape index (κ3) is 3.54. The van der Waals surface area contributed by atoms with Crippen molar-refractivity contribution < 1.29 is 14.0 Å². The number of rotatable bonds is 4. The second kappa shape index (κ2) is 6.78. The van der Waals surface area contributed by atoms with Crippen LogP contribution in [0.25, 0.3) is 0 Å². The Bertz CT molecular complexity index is 808. The van der Waals surface area contributed by atoms with Crippen LogP contribution in [0.3, 0.4) is 0 Å². The highest BCUT2D eigenvalue weighted by molar-refractivity contribution is 5.93.